The average Bonchev–Trinajstić information content (AvgIpc) is 2.26. The van der Waals surface area contributed by atoms with Gasteiger partial charge < -0.3 is 16.2 Å². The summed E-state index contributed by atoms with van der Waals surface area (Å²) in [5, 5.41) is -0.264. The second kappa shape index (κ2) is 6.23. The molecule has 0 aromatic carbocycles. The van der Waals surface area contributed by atoms with Gasteiger partial charge in [0.1, 0.15) is 16.9 Å². The number of nitrogens with zero attached hydrogens (tertiary/aromatic N) is 2. The number of ether oxygens (including phenoxy) is 1. The Morgan fingerprint density at radius 3 is 2.59 bits per heavy atom. The van der Waals surface area contributed by atoms with E-state index in [1.807, 2.05) is 5.43 Å². The summed E-state index contributed by atoms with van der Waals surface area (Å²) in [5.41, 5.74) is 13.1. The topological polar surface area (TPSA) is 142 Å². The monoisotopic (exact) mass is 258 g/mol. The lowest BCUT2D eigenvalue weighted by molar-refractivity contribution is -0.121. The highest BCUT2D eigenvalue weighted by Crippen LogP contribution is 2.21. The normalized spacial score (nSPS) is 12.1. The molecule has 0 saturated carbocycles. The van der Waals surface area contributed by atoms with Gasteiger partial charge in [0, 0.05) is 13.2 Å². The van der Waals surface area contributed by atoms with Crippen molar-refractivity contribution in [2.24, 2.45) is 5.84 Å². The van der Waals surface area contributed by atoms with Gasteiger partial charge in [-0.1, -0.05) is 11.8 Å². The van der Waals surface area contributed by atoms with Gasteiger partial charge in [-0.2, -0.15) is 0 Å². The number of amides is 1. The van der Waals surface area contributed by atoms with E-state index in [-0.39, 0.29) is 24.1 Å². The van der Waals surface area contributed by atoms with Crippen LogP contribution in [0.25, 0.3) is 0 Å². The van der Waals surface area contributed by atoms with Crippen molar-refractivity contribution in [1.29, 1.82) is 0 Å². The maximum absolute atomic E-state index is 11.4. The van der Waals surface area contributed by atoms with Crippen LogP contribution in [-0.4, -0.2) is 34.8 Å². The summed E-state index contributed by atoms with van der Waals surface area (Å²) in [5.74, 6) is 5.15. The van der Waals surface area contributed by atoms with Crippen LogP contribution in [-0.2, 0) is 9.53 Å². The Hall–Kier alpha value is -1.58. The molecule has 1 amide bonds. The van der Waals surface area contributed by atoms with Crippen molar-refractivity contribution in [3.05, 3.63) is 6.07 Å². The third kappa shape index (κ3) is 4.06. The van der Waals surface area contributed by atoms with Gasteiger partial charge in [0.05, 0.1) is 6.61 Å². The van der Waals surface area contributed by atoms with Gasteiger partial charge in [0.25, 0.3) is 0 Å². The zero-order chi connectivity index (χ0) is 12.8. The molecule has 0 saturated heterocycles. The summed E-state index contributed by atoms with van der Waals surface area (Å²) in [4.78, 5) is 19.3. The van der Waals surface area contributed by atoms with E-state index in [1.165, 1.54) is 13.2 Å². The van der Waals surface area contributed by atoms with E-state index in [4.69, 9.17) is 22.0 Å². The number of rotatable bonds is 5. The molecule has 8 nitrogen and oxygen atoms in total. The van der Waals surface area contributed by atoms with Gasteiger partial charge in [0.2, 0.25) is 5.91 Å². The zero-order valence-electron chi connectivity index (χ0n) is 9.21. The summed E-state index contributed by atoms with van der Waals surface area (Å²) < 4.78 is 4.90. The number of nitrogens with one attached hydrogen (secondary N) is 1. The van der Waals surface area contributed by atoms with Crippen LogP contribution >= 0.6 is 11.8 Å². The minimum atomic E-state index is -0.564. The van der Waals surface area contributed by atoms with Crippen molar-refractivity contribution >= 4 is 29.3 Å². The number of carbonyl (C=O) groups excluding carboxylic acids is 1. The molecule has 9 heteroatoms. The van der Waals surface area contributed by atoms with E-state index in [2.05, 4.69) is 9.97 Å². The molecule has 1 aromatic rings. The smallest absolute Gasteiger partial charge is 0.249 e. The van der Waals surface area contributed by atoms with Crippen LogP contribution in [0.4, 0.5) is 11.6 Å². The number of carbonyl (C=O) groups is 1. The van der Waals surface area contributed by atoms with Crippen molar-refractivity contribution in [3.63, 3.8) is 0 Å². The Kier molecular flexibility index (Phi) is 4.94. The van der Waals surface area contributed by atoms with E-state index in [9.17, 15) is 4.79 Å². The molecule has 1 rings (SSSR count). The molecule has 1 unspecified atom stereocenters. The summed E-state index contributed by atoms with van der Waals surface area (Å²) in [7, 11) is 1.48. The van der Waals surface area contributed by atoms with Crippen molar-refractivity contribution in [1.82, 2.24) is 15.4 Å². The molecule has 7 N–H and O–H groups in total. The van der Waals surface area contributed by atoms with Gasteiger partial charge in [-0.15, -0.1) is 0 Å². The van der Waals surface area contributed by atoms with E-state index >= 15 is 0 Å². The average molecular weight is 258 g/mol. The number of hydrazine groups is 1. The Balaban J connectivity index is 2.81. The first kappa shape index (κ1) is 13.5. The van der Waals surface area contributed by atoms with Crippen molar-refractivity contribution in [2.45, 2.75) is 10.4 Å². The molecule has 0 bridgehead atoms. The van der Waals surface area contributed by atoms with Crippen LogP contribution < -0.4 is 22.7 Å². The summed E-state index contributed by atoms with van der Waals surface area (Å²) in [6, 6.07) is 1.43. The lowest BCUT2D eigenvalue weighted by Crippen LogP contribution is -2.39. The summed E-state index contributed by atoms with van der Waals surface area (Å²) in [6.07, 6.45) is 0. The first-order chi connectivity index (χ1) is 8.06. The van der Waals surface area contributed by atoms with Crippen LogP contribution in [0, 0.1) is 0 Å². The SMILES string of the molecule is COCC(Sc1nc(N)cc(N)n1)C(=O)NN. The Labute approximate surface area is 102 Å². The molecule has 1 atom stereocenters. The maximum Gasteiger partial charge on any atom is 0.249 e. The van der Waals surface area contributed by atoms with E-state index in [0.717, 1.165) is 11.8 Å². The van der Waals surface area contributed by atoms with Crippen LogP contribution in [0.3, 0.4) is 0 Å². The fraction of sp³-hybridized carbons (Fsp3) is 0.375. The van der Waals surface area contributed by atoms with Crippen molar-refractivity contribution in [2.75, 3.05) is 25.2 Å². The molecule has 1 heterocycles. The molecule has 0 radical (unpaired) electrons. The van der Waals surface area contributed by atoms with E-state index < -0.39 is 5.25 Å². The Bertz CT molecular complexity index is 381. The molecular weight excluding hydrogens is 244 g/mol. The highest BCUT2D eigenvalue weighted by Gasteiger charge is 2.20. The number of hydrogen-bond donors (Lipinski definition) is 4. The predicted octanol–water partition coefficient (Wildman–Crippen LogP) is -1.26. The maximum atomic E-state index is 11.4. The van der Waals surface area contributed by atoms with Crippen LogP contribution in [0.1, 0.15) is 0 Å². The highest BCUT2D eigenvalue weighted by molar-refractivity contribution is 8.00. The molecule has 1 aromatic heterocycles. The largest absolute Gasteiger partial charge is 0.383 e. The first-order valence-electron chi connectivity index (χ1n) is 4.63. The molecule has 0 aliphatic carbocycles. The lowest BCUT2D eigenvalue weighted by Gasteiger charge is -2.12. The van der Waals surface area contributed by atoms with Crippen LogP contribution in [0.2, 0.25) is 0 Å². The first-order valence-corrected chi connectivity index (χ1v) is 5.51. The van der Waals surface area contributed by atoms with Gasteiger partial charge >= 0.3 is 0 Å². The van der Waals surface area contributed by atoms with Crippen molar-refractivity contribution in [3.8, 4) is 0 Å². The van der Waals surface area contributed by atoms with Gasteiger partial charge in [0.15, 0.2) is 5.16 Å². The third-order valence-corrected chi connectivity index (χ3v) is 2.77. The molecule has 0 aliphatic heterocycles. The molecule has 94 valence electrons. The Morgan fingerprint density at radius 1 is 1.53 bits per heavy atom. The fourth-order valence-electron chi connectivity index (χ4n) is 1.05. The van der Waals surface area contributed by atoms with Gasteiger partial charge in [-0.05, 0) is 0 Å². The second-order valence-electron chi connectivity index (χ2n) is 3.07. The minimum absolute atomic E-state index is 0.172. The number of nitrogens with two attached hydrogens (primary N) is 3. The number of aromatic nitrogens is 2. The summed E-state index contributed by atoms with van der Waals surface area (Å²) in [6.45, 7) is 0.172. The van der Waals surface area contributed by atoms with Gasteiger partial charge in [-0.25, -0.2) is 15.8 Å². The van der Waals surface area contributed by atoms with E-state index in [0.29, 0.717) is 5.16 Å². The molecule has 17 heavy (non-hydrogen) atoms. The van der Waals surface area contributed by atoms with Gasteiger partial charge in [-0.3, -0.25) is 10.2 Å². The number of hydrogen-bond acceptors (Lipinski definition) is 8. The fourth-order valence-corrected chi connectivity index (χ4v) is 2.00. The number of methoxy groups -OCH3 is 1. The molecule has 0 spiro atoms. The zero-order valence-corrected chi connectivity index (χ0v) is 10.0. The highest BCUT2D eigenvalue weighted by atomic mass is 32.2. The predicted molar refractivity (Wildman–Crippen MR) is 64.7 cm³/mol. The summed E-state index contributed by atoms with van der Waals surface area (Å²) >= 11 is 1.08. The molecule has 0 fully saturated rings. The molecular formula is C8H14N6O2S. The number of anilines is 2. The standard InChI is InChI=1S/C8H14N6O2S/c1-16-3-4(7(15)14-11)17-8-12-5(9)2-6(10)13-8/h2,4H,3,11H2,1H3,(H,14,15)(H4,9,10,12,13). The Morgan fingerprint density at radius 2 is 2.12 bits per heavy atom. The third-order valence-electron chi connectivity index (χ3n) is 1.75. The van der Waals surface area contributed by atoms with Crippen LogP contribution in [0.15, 0.2) is 11.2 Å². The second-order valence-corrected chi connectivity index (χ2v) is 4.24. The number of nitrogen functional groups attached to an aromatic ring is 2. The molecule has 0 aliphatic rings. The number of thioether (sulfide) groups is 1. The van der Waals surface area contributed by atoms with Crippen molar-refractivity contribution < 1.29 is 9.53 Å². The lowest BCUT2D eigenvalue weighted by atomic mass is 10.4. The minimum Gasteiger partial charge on any atom is -0.383 e. The quantitative estimate of drug-likeness (QED) is 0.168. The van der Waals surface area contributed by atoms with E-state index in [1.54, 1.807) is 0 Å². The van der Waals surface area contributed by atoms with Crippen LogP contribution in [0.5, 0.6) is 0 Å².